The fourth-order valence-corrected chi connectivity index (χ4v) is 1.48. The molecule has 17 heavy (non-hydrogen) atoms. The summed E-state index contributed by atoms with van der Waals surface area (Å²) in [6, 6.07) is 0. The molecule has 0 atom stereocenters. The molecule has 0 aliphatic rings. The van der Waals surface area contributed by atoms with Crippen LogP contribution in [0.25, 0.3) is 0 Å². The van der Waals surface area contributed by atoms with Crippen LogP contribution in [0.15, 0.2) is 4.42 Å². The highest BCUT2D eigenvalue weighted by Gasteiger charge is 2.26. The van der Waals surface area contributed by atoms with Crippen LogP contribution >= 0.6 is 0 Å². The van der Waals surface area contributed by atoms with Crippen molar-refractivity contribution in [2.45, 2.75) is 40.7 Å². The molecular formula is C12H21N3O2. The summed E-state index contributed by atoms with van der Waals surface area (Å²) in [6.45, 7) is 8.30. The molecule has 5 heteroatoms. The van der Waals surface area contributed by atoms with Crippen LogP contribution in [-0.4, -0.2) is 17.4 Å². The van der Waals surface area contributed by atoms with Gasteiger partial charge in [0.25, 0.3) is 0 Å². The molecule has 0 aliphatic carbocycles. The number of oxazole rings is 1. The molecule has 0 radical (unpaired) electrons. The van der Waals surface area contributed by atoms with Crippen molar-refractivity contribution >= 4 is 5.91 Å². The zero-order chi connectivity index (χ0) is 13.1. The van der Waals surface area contributed by atoms with Crippen LogP contribution < -0.4 is 11.1 Å². The van der Waals surface area contributed by atoms with Crippen LogP contribution in [0.2, 0.25) is 0 Å². The van der Waals surface area contributed by atoms with Gasteiger partial charge in [-0.05, 0) is 26.8 Å². The van der Waals surface area contributed by atoms with E-state index < -0.39 is 5.41 Å². The Bertz CT molecular complexity index is 377. The van der Waals surface area contributed by atoms with Gasteiger partial charge < -0.3 is 15.5 Å². The second-order valence-electron chi connectivity index (χ2n) is 4.85. The molecule has 0 aromatic carbocycles. The van der Waals surface area contributed by atoms with E-state index in [2.05, 4.69) is 10.3 Å². The number of aromatic nitrogens is 1. The third-order valence-electron chi connectivity index (χ3n) is 2.86. The van der Waals surface area contributed by atoms with Crippen molar-refractivity contribution in [3.05, 3.63) is 17.3 Å². The van der Waals surface area contributed by atoms with Gasteiger partial charge in [-0.15, -0.1) is 0 Å². The molecule has 1 amide bonds. The Morgan fingerprint density at radius 2 is 2.12 bits per heavy atom. The van der Waals surface area contributed by atoms with Crippen LogP contribution in [0, 0.1) is 19.3 Å². The number of aryl methyl sites for hydroxylation is 2. The van der Waals surface area contributed by atoms with Gasteiger partial charge in [-0.3, -0.25) is 4.79 Å². The molecule has 1 rings (SSSR count). The maximum atomic E-state index is 11.9. The highest BCUT2D eigenvalue weighted by atomic mass is 16.4. The Morgan fingerprint density at radius 1 is 1.47 bits per heavy atom. The highest BCUT2D eigenvalue weighted by Crippen LogP contribution is 2.19. The van der Waals surface area contributed by atoms with Gasteiger partial charge in [0.05, 0.1) is 12.2 Å². The maximum Gasteiger partial charge on any atom is 0.226 e. The van der Waals surface area contributed by atoms with Gasteiger partial charge in [0.1, 0.15) is 5.76 Å². The quantitative estimate of drug-likeness (QED) is 0.811. The fourth-order valence-electron chi connectivity index (χ4n) is 1.48. The van der Waals surface area contributed by atoms with Gasteiger partial charge in [-0.1, -0.05) is 13.8 Å². The Balaban J connectivity index is 2.53. The number of hydrogen-bond acceptors (Lipinski definition) is 4. The Labute approximate surface area is 102 Å². The molecule has 0 saturated heterocycles. The summed E-state index contributed by atoms with van der Waals surface area (Å²) in [6.07, 6.45) is 0.655. The fraction of sp³-hybridized carbons (Fsp3) is 0.667. The minimum Gasteiger partial charge on any atom is -0.444 e. The Kier molecular flexibility index (Phi) is 4.28. The van der Waals surface area contributed by atoms with E-state index in [1.165, 1.54) is 0 Å². The van der Waals surface area contributed by atoms with Crippen molar-refractivity contribution in [1.82, 2.24) is 10.3 Å². The molecule has 0 bridgehead atoms. The highest BCUT2D eigenvalue weighted by molar-refractivity contribution is 5.81. The van der Waals surface area contributed by atoms with E-state index in [1.54, 1.807) is 0 Å². The number of amides is 1. The number of nitrogens with zero attached hydrogens (tertiary/aromatic N) is 1. The zero-order valence-corrected chi connectivity index (χ0v) is 11.0. The van der Waals surface area contributed by atoms with Crippen molar-refractivity contribution in [2.75, 3.05) is 6.54 Å². The number of carbonyl (C=O) groups excluding carboxylic acids is 1. The summed E-state index contributed by atoms with van der Waals surface area (Å²) in [5, 5.41) is 2.81. The summed E-state index contributed by atoms with van der Waals surface area (Å²) in [7, 11) is 0. The second-order valence-corrected chi connectivity index (χ2v) is 4.85. The lowest BCUT2D eigenvalue weighted by atomic mass is 9.88. The minimum absolute atomic E-state index is 0.0311. The summed E-state index contributed by atoms with van der Waals surface area (Å²) in [5.41, 5.74) is 5.88. The monoisotopic (exact) mass is 239 g/mol. The molecule has 96 valence electrons. The van der Waals surface area contributed by atoms with E-state index >= 15 is 0 Å². The van der Waals surface area contributed by atoms with Crippen molar-refractivity contribution in [3.63, 3.8) is 0 Å². The molecule has 3 N–H and O–H groups in total. The minimum atomic E-state index is -0.453. The predicted octanol–water partition coefficient (Wildman–Crippen LogP) is 1.28. The summed E-state index contributed by atoms with van der Waals surface area (Å²) >= 11 is 0. The van der Waals surface area contributed by atoms with Crippen LogP contribution in [0.3, 0.4) is 0 Å². The molecule has 0 fully saturated rings. The van der Waals surface area contributed by atoms with E-state index in [4.69, 9.17) is 10.2 Å². The van der Waals surface area contributed by atoms with E-state index in [9.17, 15) is 4.79 Å². The topological polar surface area (TPSA) is 81.2 Å². The van der Waals surface area contributed by atoms with E-state index in [0.717, 1.165) is 11.5 Å². The SMILES string of the molecule is Cc1nc(CNC(=O)C(C)(C)CCN)oc1C. The second kappa shape index (κ2) is 5.31. The number of carbonyl (C=O) groups is 1. The van der Waals surface area contributed by atoms with Crippen molar-refractivity contribution in [3.8, 4) is 0 Å². The first-order valence-corrected chi connectivity index (χ1v) is 5.78. The standard InChI is InChI=1S/C12H21N3O2/c1-8-9(2)17-10(15-8)7-14-11(16)12(3,4)5-6-13/h5-7,13H2,1-4H3,(H,14,16). The molecule has 1 heterocycles. The third kappa shape index (κ3) is 3.56. The molecule has 5 nitrogen and oxygen atoms in total. The van der Waals surface area contributed by atoms with Crippen molar-refractivity contribution in [1.29, 1.82) is 0 Å². The summed E-state index contributed by atoms with van der Waals surface area (Å²) < 4.78 is 5.39. The lowest BCUT2D eigenvalue weighted by Gasteiger charge is -2.22. The smallest absolute Gasteiger partial charge is 0.226 e. The van der Waals surface area contributed by atoms with Crippen LogP contribution in [0.4, 0.5) is 0 Å². The average Bonchev–Trinajstić information content (AvgIpc) is 2.55. The zero-order valence-electron chi connectivity index (χ0n) is 11.0. The summed E-state index contributed by atoms with van der Waals surface area (Å²) in [4.78, 5) is 16.1. The van der Waals surface area contributed by atoms with Gasteiger partial charge >= 0.3 is 0 Å². The van der Waals surface area contributed by atoms with Gasteiger partial charge in [0, 0.05) is 5.41 Å². The van der Waals surface area contributed by atoms with Crippen molar-refractivity contribution in [2.24, 2.45) is 11.1 Å². The average molecular weight is 239 g/mol. The lowest BCUT2D eigenvalue weighted by Crippen LogP contribution is -2.37. The maximum absolute atomic E-state index is 11.9. The van der Waals surface area contributed by atoms with Gasteiger partial charge in [0.2, 0.25) is 11.8 Å². The summed E-state index contributed by atoms with van der Waals surface area (Å²) in [5.74, 6) is 1.30. The third-order valence-corrected chi connectivity index (χ3v) is 2.86. The van der Waals surface area contributed by atoms with Gasteiger partial charge in [-0.25, -0.2) is 4.98 Å². The normalized spacial score (nSPS) is 11.6. The van der Waals surface area contributed by atoms with E-state index in [1.807, 2.05) is 27.7 Å². The van der Waals surface area contributed by atoms with Crippen LogP contribution in [0.5, 0.6) is 0 Å². The number of nitrogens with two attached hydrogens (primary N) is 1. The van der Waals surface area contributed by atoms with Crippen molar-refractivity contribution < 1.29 is 9.21 Å². The van der Waals surface area contributed by atoms with Crippen LogP contribution in [0.1, 0.15) is 37.6 Å². The number of nitrogens with one attached hydrogen (secondary N) is 1. The molecule has 0 spiro atoms. The first kappa shape index (κ1) is 13.7. The number of rotatable bonds is 5. The lowest BCUT2D eigenvalue weighted by molar-refractivity contribution is -0.129. The molecule has 1 aromatic heterocycles. The van der Waals surface area contributed by atoms with E-state index in [0.29, 0.717) is 25.4 Å². The van der Waals surface area contributed by atoms with Crippen LogP contribution in [-0.2, 0) is 11.3 Å². The van der Waals surface area contributed by atoms with Gasteiger partial charge in [-0.2, -0.15) is 0 Å². The Hall–Kier alpha value is -1.36. The molecule has 0 unspecified atom stereocenters. The molecule has 0 saturated carbocycles. The largest absolute Gasteiger partial charge is 0.444 e. The number of hydrogen-bond donors (Lipinski definition) is 2. The van der Waals surface area contributed by atoms with Gasteiger partial charge in [0.15, 0.2) is 0 Å². The van der Waals surface area contributed by atoms with E-state index in [-0.39, 0.29) is 5.91 Å². The predicted molar refractivity (Wildman–Crippen MR) is 65.3 cm³/mol. The molecular weight excluding hydrogens is 218 g/mol. The molecule has 1 aromatic rings. The Morgan fingerprint density at radius 3 is 2.59 bits per heavy atom. The first-order valence-electron chi connectivity index (χ1n) is 5.78. The first-order chi connectivity index (χ1) is 7.86. The molecule has 0 aliphatic heterocycles.